The number of hydrogen-bond donors (Lipinski definition) is 6. The van der Waals surface area contributed by atoms with E-state index in [1.54, 1.807) is 0 Å². The first-order valence-electron chi connectivity index (χ1n) is 21.9. The maximum atomic E-state index is 12.9. The summed E-state index contributed by atoms with van der Waals surface area (Å²) in [6.45, 7) is 3.81. The number of unbranched alkanes of at least 4 members (excludes halogenated alkanes) is 24. The highest BCUT2D eigenvalue weighted by molar-refractivity contribution is 5.76. The van der Waals surface area contributed by atoms with Crippen LogP contribution in [-0.4, -0.2) is 87.5 Å². The van der Waals surface area contributed by atoms with Crippen LogP contribution in [0.3, 0.4) is 0 Å². The van der Waals surface area contributed by atoms with Crippen LogP contribution in [0.1, 0.15) is 200 Å². The standard InChI is InChI=1S/C43H83NO8/c1-3-5-7-9-11-13-15-17-19-21-23-25-27-29-31-33-39(47)44-36(35-51-43-42(50)41(49)40(48)38(34-45)52-43)37(46)32-30-28-26-24-22-20-18-16-14-12-10-8-6-4-2/h22,24,36-38,40-43,45-46,48-50H,3-21,23,25-35H2,1-2H3,(H,44,47)/b24-22+/t36-,37+,38-,40-,41?,42?,43-/m0/s1. The van der Waals surface area contributed by atoms with Gasteiger partial charge in [0.2, 0.25) is 5.91 Å². The molecule has 1 aliphatic rings. The van der Waals surface area contributed by atoms with E-state index < -0.39 is 49.5 Å². The minimum absolute atomic E-state index is 0.146. The van der Waals surface area contributed by atoms with Gasteiger partial charge < -0.3 is 40.3 Å². The van der Waals surface area contributed by atoms with Crippen molar-refractivity contribution in [2.24, 2.45) is 0 Å². The van der Waals surface area contributed by atoms with Crippen LogP contribution < -0.4 is 5.32 Å². The van der Waals surface area contributed by atoms with E-state index >= 15 is 0 Å². The molecule has 1 fully saturated rings. The number of aliphatic hydroxyl groups is 5. The summed E-state index contributed by atoms with van der Waals surface area (Å²) in [5.74, 6) is -0.153. The number of ether oxygens (including phenoxy) is 2. The maximum Gasteiger partial charge on any atom is 0.220 e. The molecule has 0 aromatic rings. The van der Waals surface area contributed by atoms with Crippen LogP contribution >= 0.6 is 0 Å². The highest BCUT2D eigenvalue weighted by Crippen LogP contribution is 2.23. The molecule has 1 heterocycles. The Kier molecular flexibility index (Phi) is 32.4. The lowest BCUT2D eigenvalue weighted by atomic mass is 9.99. The second-order valence-corrected chi connectivity index (χ2v) is 15.5. The summed E-state index contributed by atoms with van der Waals surface area (Å²) < 4.78 is 11.2. The fraction of sp³-hybridized carbons (Fsp3) is 0.930. The fourth-order valence-corrected chi connectivity index (χ4v) is 7.04. The van der Waals surface area contributed by atoms with Crippen molar-refractivity contribution in [1.29, 1.82) is 0 Å². The summed E-state index contributed by atoms with van der Waals surface area (Å²) in [6, 6.07) is -0.728. The Bertz CT molecular complexity index is 827. The van der Waals surface area contributed by atoms with Gasteiger partial charge in [-0.15, -0.1) is 0 Å². The Hall–Kier alpha value is -1.07. The molecule has 0 saturated carbocycles. The van der Waals surface area contributed by atoms with Gasteiger partial charge in [-0.2, -0.15) is 0 Å². The van der Waals surface area contributed by atoms with Gasteiger partial charge in [-0.1, -0.05) is 167 Å². The molecule has 0 bridgehead atoms. The Morgan fingerprint density at radius 3 is 1.56 bits per heavy atom. The molecule has 2 unspecified atom stereocenters. The molecule has 0 spiro atoms. The van der Waals surface area contributed by atoms with Crippen LogP contribution in [0, 0.1) is 0 Å². The van der Waals surface area contributed by atoms with Crippen molar-refractivity contribution >= 4 is 5.91 Å². The Labute approximate surface area is 318 Å². The van der Waals surface area contributed by atoms with Gasteiger partial charge in [0.25, 0.3) is 0 Å². The first-order chi connectivity index (χ1) is 25.3. The van der Waals surface area contributed by atoms with Gasteiger partial charge in [-0.05, 0) is 38.5 Å². The third-order valence-corrected chi connectivity index (χ3v) is 10.6. The summed E-state index contributed by atoms with van der Waals surface area (Å²) in [4.78, 5) is 12.9. The maximum absolute atomic E-state index is 12.9. The molecule has 1 amide bonds. The highest BCUT2D eigenvalue weighted by atomic mass is 16.7. The molecule has 0 radical (unpaired) electrons. The molecule has 0 aromatic carbocycles. The van der Waals surface area contributed by atoms with Crippen molar-refractivity contribution in [2.45, 2.75) is 243 Å². The average Bonchev–Trinajstić information content (AvgIpc) is 3.14. The minimum atomic E-state index is -1.55. The Morgan fingerprint density at radius 1 is 0.635 bits per heavy atom. The van der Waals surface area contributed by atoms with Crippen LogP contribution in [-0.2, 0) is 14.3 Å². The molecule has 6 N–H and O–H groups in total. The molecule has 9 heteroatoms. The van der Waals surface area contributed by atoms with Gasteiger partial charge in [0, 0.05) is 6.42 Å². The molecule has 52 heavy (non-hydrogen) atoms. The quantitative estimate of drug-likeness (QED) is 0.0277. The van der Waals surface area contributed by atoms with E-state index in [1.807, 2.05) is 0 Å². The summed E-state index contributed by atoms with van der Waals surface area (Å²) in [6.07, 6.45) is 30.7. The van der Waals surface area contributed by atoms with Crippen LogP contribution in [0.5, 0.6) is 0 Å². The van der Waals surface area contributed by atoms with Crippen molar-refractivity contribution in [3.63, 3.8) is 0 Å². The lowest BCUT2D eigenvalue weighted by Gasteiger charge is -2.40. The van der Waals surface area contributed by atoms with E-state index in [9.17, 15) is 30.3 Å². The van der Waals surface area contributed by atoms with E-state index in [4.69, 9.17) is 9.47 Å². The summed E-state index contributed by atoms with van der Waals surface area (Å²) in [7, 11) is 0. The van der Waals surface area contributed by atoms with Gasteiger partial charge in [-0.25, -0.2) is 0 Å². The second kappa shape index (κ2) is 34.4. The first-order valence-corrected chi connectivity index (χ1v) is 21.9. The summed E-state index contributed by atoms with van der Waals surface area (Å²) in [5.41, 5.74) is 0. The van der Waals surface area contributed by atoms with Crippen molar-refractivity contribution < 1.29 is 39.8 Å². The lowest BCUT2D eigenvalue weighted by Crippen LogP contribution is -2.60. The monoisotopic (exact) mass is 742 g/mol. The molecular formula is C43H83NO8. The van der Waals surface area contributed by atoms with Crippen molar-refractivity contribution in [2.75, 3.05) is 13.2 Å². The summed E-state index contributed by atoms with van der Waals surface area (Å²) in [5, 5.41) is 54.2. The van der Waals surface area contributed by atoms with Gasteiger partial charge >= 0.3 is 0 Å². The number of amides is 1. The number of aliphatic hydroxyl groups excluding tert-OH is 5. The normalized spacial score (nSPS) is 21.9. The van der Waals surface area contributed by atoms with Gasteiger partial charge in [0.1, 0.15) is 24.4 Å². The highest BCUT2D eigenvalue weighted by Gasteiger charge is 2.44. The number of nitrogens with one attached hydrogen (secondary N) is 1. The average molecular weight is 742 g/mol. The van der Waals surface area contributed by atoms with Crippen LogP contribution in [0.2, 0.25) is 0 Å². The number of carbonyl (C=O) groups excluding carboxylic acids is 1. The minimum Gasteiger partial charge on any atom is -0.394 e. The van der Waals surface area contributed by atoms with Crippen LogP contribution in [0.25, 0.3) is 0 Å². The molecule has 0 aliphatic carbocycles. The van der Waals surface area contributed by atoms with Gasteiger partial charge in [0.15, 0.2) is 6.29 Å². The number of carbonyl (C=O) groups is 1. The van der Waals surface area contributed by atoms with Gasteiger partial charge in [0.05, 0.1) is 25.4 Å². The lowest BCUT2D eigenvalue weighted by molar-refractivity contribution is -0.302. The van der Waals surface area contributed by atoms with E-state index in [-0.39, 0.29) is 12.5 Å². The predicted octanol–water partition coefficient (Wildman–Crippen LogP) is 8.56. The molecule has 1 saturated heterocycles. The number of hydrogen-bond acceptors (Lipinski definition) is 8. The smallest absolute Gasteiger partial charge is 0.220 e. The van der Waals surface area contributed by atoms with Crippen molar-refractivity contribution in [3.05, 3.63) is 12.2 Å². The molecule has 308 valence electrons. The van der Waals surface area contributed by atoms with E-state index in [1.165, 1.54) is 128 Å². The fourth-order valence-electron chi connectivity index (χ4n) is 7.04. The predicted molar refractivity (Wildman–Crippen MR) is 212 cm³/mol. The first kappa shape index (κ1) is 48.9. The van der Waals surface area contributed by atoms with Crippen molar-refractivity contribution in [3.8, 4) is 0 Å². The van der Waals surface area contributed by atoms with Crippen LogP contribution in [0.15, 0.2) is 12.2 Å². The molecule has 1 rings (SSSR count). The third-order valence-electron chi connectivity index (χ3n) is 10.6. The topological polar surface area (TPSA) is 149 Å². The third kappa shape index (κ3) is 25.1. The molecule has 1 aliphatic heterocycles. The zero-order valence-electron chi connectivity index (χ0n) is 33.6. The summed E-state index contributed by atoms with van der Waals surface area (Å²) >= 11 is 0. The Balaban J connectivity index is 2.37. The van der Waals surface area contributed by atoms with E-state index in [0.29, 0.717) is 12.8 Å². The molecular weight excluding hydrogens is 658 g/mol. The van der Waals surface area contributed by atoms with E-state index in [2.05, 4.69) is 31.3 Å². The van der Waals surface area contributed by atoms with E-state index in [0.717, 1.165) is 44.9 Å². The van der Waals surface area contributed by atoms with Crippen molar-refractivity contribution in [1.82, 2.24) is 5.32 Å². The van der Waals surface area contributed by atoms with Gasteiger partial charge in [-0.3, -0.25) is 4.79 Å². The number of rotatable bonds is 36. The molecule has 0 aromatic heterocycles. The molecule has 9 nitrogen and oxygen atoms in total. The largest absolute Gasteiger partial charge is 0.394 e. The van der Waals surface area contributed by atoms with Crippen LogP contribution in [0.4, 0.5) is 0 Å². The Morgan fingerprint density at radius 2 is 1.08 bits per heavy atom. The second-order valence-electron chi connectivity index (χ2n) is 15.5. The zero-order valence-corrected chi connectivity index (χ0v) is 33.6. The SMILES string of the molecule is CCCCCCCCCC/C=C/CCCC[C@@H](O)[C@H](CO[C@H]1O[C@@H](CO)[C@H](O)C(O)C1O)NC(=O)CCCCCCCCCCCCCCCCC. The number of allylic oxidation sites excluding steroid dienone is 2. The zero-order chi connectivity index (χ0) is 38.1. The molecule has 7 atom stereocenters.